The molecule has 0 saturated carbocycles. The fourth-order valence-corrected chi connectivity index (χ4v) is 2.69. The number of nitrogens with zero attached hydrogens (tertiary/aromatic N) is 5. The van der Waals surface area contributed by atoms with Crippen molar-refractivity contribution >= 4 is 17.7 Å². The summed E-state index contributed by atoms with van der Waals surface area (Å²) >= 11 is 1.18. The van der Waals surface area contributed by atoms with Crippen molar-refractivity contribution < 1.29 is 9.90 Å². The Hall–Kier alpha value is -1.83. The van der Waals surface area contributed by atoms with E-state index in [2.05, 4.69) is 15.3 Å². The summed E-state index contributed by atoms with van der Waals surface area (Å²) in [6.07, 6.45) is 3.56. The molecule has 0 aromatic carbocycles. The molecule has 108 valence electrons. The van der Waals surface area contributed by atoms with Gasteiger partial charge in [0.15, 0.2) is 11.0 Å². The predicted molar refractivity (Wildman–Crippen MR) is 74.7 cm³/mol. The van der Waals surface area contributed by atoms with Gasteiger partial charge >= 0.3 is 5.97 Å². The lowest BCUT2D eigenvalue weighted by atomic mass is 10.1. The largest absolute Gasteiger partial charge is 0.481 e. The monoisotopic (exact) mass is 295 g/mol. The summed E-state index contributed by atoms with van der Waals surface area (Å²) in [4.78, 5) is 10.7. The van der Waals surface area contributed by atoms with Crippen molar-refractivity contribution in [1.29, 1.82) is 0 Å². The lowest BCUT2D eigenvalue weighted by Crippen LogP contribution is -2.26. The zero-order valence-electron chi connectivity index (χ0n) is 11.6. The number of carboxylic acid groups (broad SMARTS) is 1. The van der Waals surface area contributed by atoms with Crippen molar-refractivity contribution in [2.45, 2.75) is 38.0 Å². The Bertz CT molecular complexity index is 586. The molecule has 0 aliphatic carbocycles. The Kier molecular flexibility index (Phi) is 4.12. The maximum absolute atomic E-state index is 10.7. The van der Waals surface area contributed by atoms with Gasteiger partial charge in [-0.3, -0.25) is 14.0 Å². The first kappa shape index (κ1) is 14.6. The Labute approximate surface area is 121 Å². The van der Waals surface area contributed by atoms with E-state index in [0.29, 0.717) is 11.7 Å². The number of aliphatic carboxylic acids is 1. The zero-order valence-corrected chi connectivity index (χ0v) is 12.5. The van der Waals surface area contributed by atoms with Crippen LogP contribution in [0.5, 0.6) is 0 Å². The van der Waals surface area contributed by atoms with E-state index >= 15 is 0 Å². The molecule has 2 rings (SSSR count). The van der Waals surface area contributed by atoms with E-state index in [4.69, 9.17) is 5.11 Å². The summed E-state index contributed by atoms with van der Waals surface area (Å²) in [7, 11) is 0. The maximum Gasteiger partial charge on any atom is 0.313 e. The Morgan fingerprint density at radius 2 is 2.15 bits per heavy atom. The van der Waals surface area contributed by atoms with Crippen LogP contribution >= 0.6 is 11.8 Å². The van der Waals surface area contributed by atoms with E-state index in [1.54, 1.807) is 10.9 Å². The molecular weight excluding hydrogens is 278 g/mol. The highest BCUT2D eigenvalue weighted by molar-refractivity contribution is 7.99. The number of thioether (sulfide) groups is 1. The number of hydrogen-bond acceptors (Lipinski definition) is 5. The topological polar surface area (TPSA) is 85.8 Å². The third kappa shape index (κ3) is 3.38. The summed E-state index contributed by atoms with van der Waals surface area (Å²) in [6.45, 7) is 6.61. The van der Waals surface area contributed by atoms with Gasteiger partial charge in [0.1, 0.15) is 6.54 Å². The van der Waals surface area contributed by atoms with Gasteiger partial charge in [-0.1, -0.05) is 11.8 Å². The lowest BCUT2D eigenvalue weighted by Gasteiger charge is -2.24. The first-order valence-corrected chi connectivity index (χ1v) is 7.13. The number of rotatable bonds is 5. The summed E-state index contributed by atoms with van der Waals surface area (Å²) in [6, 6.07) is 1.85. The van der Waals surface area contributed by atoms with Crippen LogP contribution in [-0.2, 0) is 16.9 Å². The summed E-state index contributed by atoms with van der Waals surface area (Å²) in [5, 5.41) is 21.8. The van der Waals surface area contributed by atoms with Crippen LogP contribution in [0.3, 0.4) is 0 Å². The van der Waals surface area contributed by atoms with E-state index < -0.39 is 5.97 Å². The molecule has 0 saturated heterocycles. The van der Waals surface area contributed by atoms with Gasteiger partial charge in [0.2, 0.25) is 0 Å². The van der Waals surface area contributed by atoms with E-state index in [1.807, 2.05) is 37.6 Å². The molecule has 0 unspecified atom stereocenters. The van der Waals surface area contributed by atoms with Crippen LogP contribution in [0.15, 0.2) is 23.6 Å². The number of aromatic nitrogens is 5. The van der Waals surface area contributed by atoms with Gasteiger partial charge < -0.3 is 5.11 Å². The highest BCUT2D eigenvalue weighted by Gasteiger charge is 2.24. The second-order valence-corrected chi connectivity index (χ2v) is 6.23. The van der Waals surface area contributed by atoms with Gasteiger partial charge in [-0.25, -0.2) is 0 Å². The second kappa shape index (κ2) is 5.66. The third-order valence-corrected chi connectivity index (χ3v) is 3.47. The summed E-state index contributed by atoms with van der Waals surface area (Å²) in [5.41, 5.74) is -0.229. The lowest BCUT2D eigenvalue weighted by molar-refractivity contribution is -0.133. The molecule has 20 heavy (non-hydrogen) atoms. The van der Waals surface area contributed by atoms with Crippen LogP contribution in [0.1, 0.15) is 26.6 Å². The van der Waals surface area contributed by atoms with Gasteiger partial charge in [0.05, 0.1) is 5.75 Å². The Balaban J connectivity index is 2.30. The molecule has 2 heterocycles. The molecule has 0 fully saturated rings. The second-order valence-electron chi connectivity index (χ2n) is 5.29. The predicted octanol–water partition coefficient (Wildman–Crippen LogP) is 1.45. The van der Waals surface area contributed by atoms with Crippen molar-refractivity contribution in [3.63, 3.8) is 0 Å². The standard InChI is InChI=1S/C12H17N5O2S/c1-12(2,3)17-9(7-16-6-4-5-13-16)14-15-11(17)20-8-10(18)19/h4-6H,7-8H2,1-3H3,(H,18,19). The van der Waals surface area contributed by atoms with Gasteiger partial charge in [0.25, 0.3) is 0 Å². The Morgan fingerprint density at radius 3 is 2.70 bits per heavy atom. The van der Waals surface area contributed by atoms with Gasteiger partial charge in [-0.15, -0.1) is 10.2 Å². The molecule has 0 amide bonds. The van der Waals surface area contributed by atoms with Crippen molar-refractivity contribution in [3.8, 4) is 0 Å². The van der Waals surface area contributed by atoms with Crippen LogP contribution < -0.4 is 0 Å². The van der Waals surface area contributed by atoms with Crippen molar-refractivity contribution in [1.82, 2.24) is 24.5 Å². The van der Waals surface area contributed by atoms with E-state index in [1.165, 1.54) is 11.8 Å². The SMILES string of the molecule is CC(C)(C)n1c(Cn2cccn2)nnc1SCC(=O)O. The maximum atomic E-state index is 10.7. The first-order chi connectivity index (χ1) is 9.38. The molecule has 7 nitrogen and oxygen atoms in total. The van der Waals surface area contributed by atoms with Crippen molar-refractivity contribution in [3.05, 3.63) is 24.3 Å². The molecule has 8 heteroatoms. The molecule has 1 N–H and O–H groups in total. The molecular formula is C12H17N5O2S. The minimum atomic E-state index is -0.868. The molecule has 0 radical (unpaired) electrons. The van der Waals surface area contributed by atoms with Crippen molar-refractivity contribution in [2.75, 3.05) is 5.75 Å². The first-order valence-electron chi connectivity index (χ1n) is 6.14. The molecule has 0 bridgehead atoms. The van der Waals surface area contributed by atoms with E-state index in [-0.39, 0.29) is 11.3 Å². The summed E-state index contributed by atoms with van der Waals surface area (Å²) in [5.74, 6) is -0.142. The van der Waals surface area contributed by atoms with E-state index in [9.17, 15) is 4.79 Å². The fourth-order valence-electron chi connectivity index (χ4n) is 1.84. The van der Waals surface area contributed by atoms with Gasteiger partial charge in [-0.2, -0.15) is 5.10 Å². The summed E-state index contributed by atoms with van der Waals surface area (Å²) < 4.78 is 3.72. The van der Waals surface area contributed by atoms with Crippen LogP contribution in [0.25, 0.3) is 0 Å². The fraction of sp³-hybridized carbons (Fsp3) is 0.500. The highest BCUT2D eigenvalue weighted by atomic mass is 32.2. The molecule has 0 spiro atoms. The van der Waals surface area contributed by atoms with Crippen LogP contribution in [0, 0.1) is 0 Å². The van der Waals surface area contributed by atoms with Crippen LogP contribution in [-0.4, -0.2) is 41.4 Å². The minimum absolute atomic E-state index is 0.0318. The molecule has 2 aromatic heterocycles. The number of carboxylic acids is 1. The van der Waals surface area contributed by atoms with Crippen LogP contribution in [0.4, 0.5) is 0 Å². The van der Waals surface area contributed by atoms with Crippen LogP contribution in [0.2, 0.25) is 0 Å². The van der Waals surface area contributed by atoms with E-state index in [0.717, 1.165) is 5.82 Å². The number of hydrogen-bond donors (Lipinski definition) is 1. The normalized spacial score (nSPS) is 11.8. The highest BCUT2D eigenvalue weighted by Crippen LogP contribution is 2.25. The Morgan fingerprint density at radius 1 is 1.40 bits per heavy atom. The van der Waals surface area contributed by atoms with Gasteiger partial charge in [0, 0.05) is 17.9 Å². The quantitative estimate of drug-likeness (QED) is 0.840. The number of carbonyl (C=O) groups is 1. The molecule has 0 aliphatic heterocycles. The van der Waals surface area contributed by atoms with Gasteiger partial charge in [-0.05, 0) is 26.8 Å². The molecule has 0 atom stereocenters. The van der Waals surface area contributed by atoms with Crippen molar-refractivity contribution in [2.24, 2.45) is 0 Å². The molecule has 2 aromatic rings. The third-order valence-electron chi connectivity index (χ3n) is 2.56. The zero-order chi connectivity index (χ0) is 14.8. The minimum Gasteiger partial charge on any atom is -0.481 e. The molecule has 0 aliphatic rings. The average molecular weight is 295 g/mol. The average Bonchev–Trinajstić information content (AvgIpc) is 2.95. The smallest absolute Gasteiger partial charge is 0.313 e.